The Labute approximate surface area is 148 Å². The minimum atomic E-state index is -0.410. The first-order valence-corrected chi connectivity index (χ1v) is 8.69. The zero-order valence-electron chi connectivity index (χ0n) is 15.0. The number of hydrogen-bond acceptors (Lipinski definition) is 4. The number of hydrogen-bond donors (Lipinski definition) is 1. The third-order valence-electron chi connectivity index (χ3n) is 4.64. The predicted octanol–water partition coefficient (Wildman–Crippen LogP) is 2.56. The Bertz CT molecular complexity index is 754. The molecule has 0 saturated carbocycles. The molecule has 6 heteroatoms. The Morgan fingerprint density at radius 2 is 2.24 bits per heavy atom. The summed E-state index contributed by atoms with van der Waals surface area (Å²) in [5.74, 6) is 0.634. The fraction of sp³-hybridized carbons (Fsp3) is 0.474. The first-order valence-electron chi connectivity index (χ1n) is 8.69. The first-order chi connectivity index (χ1) is 12.0. The van der Waals surface area contributed by atoms with Gasteiger partial charge < -0.3 is 14.7 Å². The van der Waals surface area contributed by atoms with Gasteiger partial charge in [0.25, 0.3) is 5.91 Å². The van der Waals surface area contributed by atoms with Gasteiger partial charge in [-0.05, 0) is 56.9 Å². The monoisotopic (exact) mass is 343 g/mol. The van der Waals surface area contributed by atoms with Crippen LogP contribution in [0.3, 0.4) is 0 Å². The largest absolute Gasteiger partial charge is 0.494 e. The standard InChI is InChI=1S/C19H25N3O3/c1-13-6-7-18(25-3)17(11-13)22-10-8-16(20-22)19(24)21-9-4-5-15(21)12-14(2)23/h6-8,10-11,14-15,23H,4-5,9,12H2,1-3H3. The molecule has 1 amide bonds. The van der Waals surface area contributed by atoms with Gasteiger partial charge in [0.2, 0.25) is 0 Å². The van der Waals surface area contributed by atoms with E-state index in [1.54, 1.807) is 31.0 Å². The molecule has 2 heterocycles. The molecular weight excluding hydrogens is 318 g/mol. The van der Waals surface area contributed by atoms with Crippen LogP contribution in [0.4, 0.5) is 0 Å². The van der Waals surface area contributed by atoms with E-state index < -0.39 is 6.10 Å². The Balaban J connectivity index is 1.84. The fourth-order valence-electron chi connectivity index (χ4n) is 3.44. The smallest absolute Gasteiger partial charge is 0.274 e. The van der Waals surface area contributed by atoms with E-state index in [-0.39, 0.29) is 11.9 Å². The van der Waals surface area contributed by atoms with Gasteiger partial charge in [0, 0.05) is 18.8 Å². The molecule has 0 bridgehead atoms. The zero-order chi connectivity index (χ0) is 18.0. The van der Waals surface area contributed by atoms with Gasteiger partial charge in [-0.1, -0.05) is 6.07 Å². The van der Waals surface area contributed by atoms with Crippen LogP contribution < -0.4 is 4.74 Å². The lowest BCUT2D eigenvalue weighted by molar-refractivity contribution is 0.0676. The summed E-state index contributed by atoms with van der Waals surface area (Å²) in [6.45, 7) is 4.49. The Morgan fingerprint density at radius 3 is 2.96 bits per heavy atom. The molecule has 1 fully saturated rings. The van der Waals surface area contributed by atoms with Crippen molar-refractivity contribution in [2.45, 2.75) is 45.3 Å². The van der Waals surface area contributed by atoms with Crippen LogP contribution >= 0.6 is 0 Å². The maximum absolute atomic E-state index is 12.8. The molecule has 1 aromatic heterocycles. The van der Waals surface area contributed by atoms with Crippen molar-refractivity contribution in [3.63, 3.8) is 0 Å². The summed E-state index contributed by atoms with van der Waals surface area (Å²) in [4.78, 5) is 14.7. The maximum atomic E-state index is 12.8. The molecule has 2 aromatic rings. The molecule has 0 radical (unpaired) electrons. The SMILES string of the molecule is COc1ccc(C)cc1-n1ccc(C(=O)N2CCCC2CC(C)O)n1. The summed E-state index contributed by atoms with van der Waals surface area (Å²) in [6, 6.07) is 7.68. The molecular formula is C19H25N3O3. The van der Waals surface area contributed by atoms with Crippen LogP contribution in [0.5, 0.6) is 5.75 Å². The van der Waals surface area contributed by atoms with Crippen LogP contribution in [0.15, 0.2) is 30.5 Å². The molecule has 0 spiro atoms. The van der Waals surface area contributed by atoms with E-state index in [0.29, 0.717) is 17.9 Å². The number of aryl methyl sites for hydroxylation is 1. The number of benzene rings is 1. The van der Waals surface area contributed by atoms with Gasteiger partial charge in [0.05, 0.1) is 13.2 Å². The summed E-state index contributed by atoms with van der Waals surface area (Å²) < 4.78 is 7.08. The van der Waals surface area contributed by atoms with E-state index in [1.165, 1.54) is 0 Å². The number of aromatic nitrogens is 2. The second kappa shape index (κ2) is 7.27. The molecule has 6 nitrogen and oxygen atoms in total. The predicted molar refractivity (Wildman–Crippen MR) is 95.2 cm³/mol. The van der Waals surface area contributed by atoms with Crippen LogP contribution in [0.25, 0.3) is 5.69 Å². The van der Waals surface area contributed by atoms with Crippen molar-refractivity contribution in [3.8, 4) is 11.4 Å². The Kier molecular flexibility index (Phi) is 5.08. The van der Waals surface area contributed by atoms with E-state index in [0.717, 1.165) is 30.6 Å². The maximum Gasteiger partial charge on any atom is 0.274 e. The van der Waals surface area contributed by atoms with Gasteiger partial charge in [-0.15, -0.1) is 0 Å². The lowest BCUT2D eigenvalue weighted by Gasteiger charge is -2.24. The molecule has 2 atom stereocenters. The summed E-state index contributed by atoms with van der Waals surface area (Å²) in [7, 11) is 1.62. The number of aliphatic hydroxyl groups excluding tert-OH is 1. The molecule has 3 rings (SSSR count). The average Bonchev–Trinajstić information content (AvgIpc) is 3.23. The molecule has 1 N–H and O–H groups in total. The zero-order valence-corrected chi connectivity index (χ0v) is 15.0. The number of methoxy groups -OCH3 is 1. The van der Waals surface area contributed by atoms with Crippen LogP contribution in [0.2, 0.25) is 0 Å². The second-order valence-corrected chi connectivity index (χ2v) is 6.70. The molecule has 1 aliphatic heterocycles. The number of rotatable bonds is 5. The average molecular weight is 343 g/mol. The highest BCUT2D eigenvalue weighted by Crippen LogP contribution is 2.26. The normalized spacial score (nSPS) is 18.4. The van der Waals surface area contributed by atoms with Crippen LogP contribution in [-0.4, -0.2) is 51.5 Å². The van der Waals surface area contributed by atoms with Crippen molar-refractivity contribution in [1.82, 2.24) is 14.7 Å². The molecule has 0 aliphatic carbocycles. The van der Waals surface area contributed by atoms with Crippen molar-refractivity contribution in [3.05, 3.63) is 41.7 Å². The number of nitrogens with zero attached hydrogens (tertiary/aromatic N) is 3. The van der Waals surface area contributed by atoms with E-state index in [9.17, 15) is 9.90 Å². The van der Waals surface area contributed by atoms with E-state index in [2.05, 4.69) is 5.10 Å². The minimum Gasteiger partial charge on any atom is -0.494 e. The number of carbonyl (C=O) groups is 1. The van der Waals surface area contributed by atoms with Crippen molar-refractivity contribution < 1.29 is 14.6 Å². The highest BCUT2D eigenvalue weighted by molar-refractivity contribution is 5.92. The lowest BCUT2D eigenvalue weighted by Crippen LogP contribution is -2.37. The van der Waals surface area contributed by atoms with Crippen molar-refractivity contribution in [2.75, 3.05) is 13.7 Å². The Morgan fingerprint density at radius 1 is 1.44 bits per heavy atom. The first kappa shape index (κ1) is 17.5. The lowest BCUT2D eigenvalue weighted by atomic mass is 10.1. The van der Waals surface area contributed by atoms with Gasteiger partial charge in [-0.3, -0.25) is 4.79 Å². The van der Waals surface area contributed by atoms with Gasteiger partial charge in [0.15, 0.2) is 5.69 Å². The fourth-order valence-corrected chi connectivity index (χ4v) is 3.44. The number of amides is 1. The molecule has 1 aromatic carbocycles. The van der Waals surface area contributed by atoms with E-state index >= 15 is 0 Å². The molecule has 2 unspecified atom stereocenters. The summed E-state index contributed by atoms with van der Waals surface area (Å²) in [5, 5.41) is 14.1. The van der Waals surface area contributed by atoms with Crippen molar-refractivity contribution in [2.24, 2.45) is 0 Å². The molecule has 1 saturated heterocycles. The van der Waals surface area contributed by atoms with E-state index in [4.69, 9.17) is 4.74 Å². The highest BCUT2D eigenvalue weighted by atomic mass is 16.5. The molecule has 1 aliphatic rings. The summed E-state index contributed by atoms with van der Waals surface area (Å²) >= 11 is 0. The quantitative estimate of drug-likeness (QED) is 0.906. The third-order valence-corrected chi connectivity index (χ3v) is 4.64. The van der Waals surface area contributed by atoms with Gasteiger partial charge in [-0.25, -0.2) is 4.68 Å². The van der Waals surface area contributed by atoms with Gasteiger partial charge >= 0.3 is 0 Å². The Hall–Kier alpha value is -2.34. The second-order valence-electron chi connectivity index (χ2n) is 6.70. The molecule has 25 heavy (non-hydrogen) atoms. The van der Waals surface area contributed by atoms with Gasteiger partial charge in [0.1, 0.15) is 11.4 Å². The summed E-state index contributed by atoms with van der Waals surface area (Å²) in [5.41, 5.74) is 2.32. The number of likely N-dealkylation sites (tertiary alicyclic amines) is 1. The topological polar surface area (TPSA) is 67.6 Å². The van der Waals surface area contributed by atoms with Crippen LogP contribution in [0, 0.1) is 6.92 Å². The third kappa shape index (κ3) is 3.69. The van der Waals surface area contributed by atoms with Crippen molar-refractivity contribution in [1.29, 1.82) is 0 Å². The highest BCUT2D eigenvalue weighted by Gasteiger charge is 2.31. The van der Waals surface area contributed by atoms with Crippen LogP contribution in [0.1, 0.15) is 42.2 Å². The van der Waals surface area contributed by atoms with Gasteiger partial charge in [-0.2, -0.15) is 5.10 Å². The van der Waals surface area contributed by atoms with Crippen LogP contribution in [-0.2, 0) is 0 Å². The summed E-state index contributed by atoms with van der Waals surface area (Å²) in [6.07, 6.45) is 3.88. The van der Waals surface area contributed by atoms with Crippen molar-refractivity contribution >= 4 is 5.91 Å². The number of carbonyl (C=O) groups excluding carboxylic acids is 1. The molecule has 134 valence electrons. The number of aliphatic hydroxyl groups is 1. The number of ether oxygens (including phenoxy) is 1. The minimum absolute atomic E-state index is 0.0754. The van der Waals surface area contributed by atoms with E-state index in [1.807, 2.05) is 30.0 Å².